The summed E-state index contributed by atoms with van der Waals surface area (Å²) in [7, 11) is 2.14. The van der Waals surface area contributed by atoms with Gasteiger partial charge in [-0.3, -0.25) is 0 Å². The van der Waals surface area contributed by atoms with Crippen molar-refractivity contribution in [3.8, 4) is 0 Å². The van der Waals surface area contributed by atoms with E-state index in [9.17, 15) is 4.79 Å². The van der Waals surface area contributed by atoms with Crippen LogP contribution in [0, 0.1) is 0 Å². The number of carbonyl (C=O) groups excluding carboxylic acids is 1. The van der Waals surface area contributed by atoms with Gasteiger partial charge in [0, 0.05) is 0 Å². The van der Waals surface area contributed by atoms with Crippen LogP contribution in [0.5, 0.6) is 0 Å². The fourth-order valence-corrected chi connectivity index (χ4v) is 4.41. The molecule has 0 saturated carbocycles. The molecule has 3 aliphatic rings. The molecular formula is C22H33N7NiO2. The third-order valence-corrected chi connectivity index (χ3v) is 6.19. The van der Waals surface area contributed by atoms with Crippen molar-refractivity contribution in [1.29, 1.82) is 0 Å². The zero-order valence-electron chi connectivity index (χ0n) is 19.3. The van der Waals surface area contributed by atoms with E-state index in [0.29, 0.717) is 29.3 Å². The summed E-state index contributed by atoms with van der Waals surface area (Å²) in [5.41, 5.74) is 8.61. The third kappa shape index (κ3) is 5.30. The van der Waals surface area contributed by atoms with Crippen LogP contribution in [-0.4, -0.2) is 95.5 Å². The van der Waals surface area contributed by atoms with Gasteiger partial charge in [0.15, 0.2) is 0 Å². The molecule has 0 atom stereocenters. The number of hydrogen-bond acceptors (Lipinski definition) is 8. The van der Waals surface area contributed by atoms with Gasteiger partial charge in [-0.25, -0.2) is 0 Å². The number of amides is 1. The van der Waals surface area contributed by atoms with Crippen molar-refractivity contribution < 1.29 is 24.6 Å². The van der Waals surface area contributed by atoms with Gasteiger partial charge in [0.25, 0.3) is 0 Å². The molecule has 1 aromatic rings. The summed E-state index contributed by atoms with van der Waals surface area (Å²) < 4.78 is 5.85. The topological polar surface area (TPSA) is 91.1 Å². The first-order chi connectivity index (χ1) is 15.1. The number of ether oxygens (including phenoxy) is 1. The van der Waals surface area contributed by atoms with Gasteiger partial charge in [-0.1, -0.05) is 0 Å². The van der Waals surface area contributed by atoms with E-state index in [-0.39, 0.29) is 6.09 Å². The summed E-state index contributed by atoms with van der Waals surface area (Å²) in [5.74, 6) is 1.52. The molecule has 0 bridgehead atoms. The van der Waals surface area contributed by atoms with E-state index < -0.39 is 5.60 Å². The molecule has 3 aliphatic heterocycles. The predicted octanol–water partition coefficient (Wildman–Crippen LogP) is 0.969. The van der Waals surface area contributed by atoms with Crippen LogP contribution in [0.25, 0.3) is 0 Å². The van der Waals surface area contributed by atoms with Gasteiger partial charge in [-0.2, -0.15) is 0 Å². The molecule has 1 fully saturated rings. The molecule has 9 nitrogen and oxygen atoms in total. The number of nitrogens with zero attached hydrogens (tertiary/aromatic N) is 6. The van der Waals surface area contributed by atoms with Crippen LogP contribution in [0.15, 0.2) is 17.2 Å². The maximum absolute atomic E-state index is 12.4. The Morgan fingerprint density at radius 3 is 2.34 bits per heavy atom. The molecule has 2 N–H and O–H groups in total. The van der Waals surface area contributed by atoms with Gasteiger partial charge in [0.1, 0.15) is 0 Å². The molecule has 1 amide bonds. The summed E-state index contributed by atoms with van der Waals surface area (Å²) in [6.07, 6.45) is 0.806. The number of anilines is 2. The average Bonchev–Trinajstić information content (AvgIpc) is 3.21. The zero-order valence-corrected chi connectivity index (χ0v) is 20.3. The van der Waals surface area contributed by atoms with Crippen LogP contribution >= 0.6 is 0 Å². The van der Waals surface area contributed by atoms with Crippen molar-refractivity contribution in [1.82, 2.24) is 19.8 Å². The quantitative estimate of drug-likeness (QED) is 0.500. The Hall–Kier alpha value is -2.03. The Balaban J connectivity index is 1.48. The first-order valence-corrected chi connectivity index (χ1v) is 11.6. The molecule has 1 saturated heterocycles. The first kappa shape index (κ1) is 23.1. The minimum atomic E-state index is -0.492. The normalized spacial score (nSPS) is 20.0. The summed E-state index contributed by atoms with van der Waals surface area (Å²) in [6, 6.07) is 1.89. The third-order valence-electron chi connectivity index (χ3n) is 5.93. The molecule has 4 heterocycles. The van der Waals surface area contributed by atoms with Crippen LogP contribution in [0.1, 0.15) is 32.9 Å². The molecule has 178 valence electrons. The van der Waals surface area contributed by atoms with Gasteiger partial charge in [0.05, 0.1) is 0 Å². The fraction of sp³-hybridized carbons (Fsp3) is 0.636. The van der Waals surface area contributed by atoms with Gasteiger partial charge in [-0.15, -0.1) is 0 Å². The molecule has 32 heavy (non-hydrogen) atoms. The van der Waals surface area contributed by atoms with E-state index in [0.717, 1.165) is 51.5 Å². The SMILES string of the molecule is CN1CCCN(c2nc([C](N)=[Ni])cc(N3CC4=C(CN(C(=O)OC(C)(C)C)C4)C3)n2)CC1. The molecule has 0 radical (unpaired) electrons. The number of aromatic nitrogens is 2. The maximum atomic E-state index is 12.4. The monoisotopic (exact) mass is 485 g/mol. The number of rotatable bonds is 3. The van der Waals surface area contributed by atoms with E-state index >= 15 is 0 Å². The number of carbonyl (C=O) groups is 1. The van der Waals surface area contributed by atoms with Gasteiger partial charge in [0.2, 0.25) is 0 Å². The van der Waals surface area contributed by atoms with E-state index in [1.54, 1.807) is 4.90 Å². The van der Waals surface area contributed by atoms with E-state index in [1.165, 1.54) is 11.1 Å². The Morgan fingerprint density at radius 2 is 1.72 bits per heavy atom. The number of hydrogen-bond donors (Lipinski definition) is 1. The second-order valence-electron chi connectivity index (χ2n) is 9.77. The van der Waals surface area contributed by atoms with E-state index in [4.69, 9.17) is 30.5 Å². The first-order valence-electron chi connectivity index (χ1n) is 11.1. The number of nitrogens with two attached hydrogens (primary N) is 1. The molecule has 0 aliphatic carbocycles. The zero-order chi connectivity index (χ0) is 23.0. The average molecular weight is 486 g/mol. The van der Waals surface area contributed by atoms with Crippen LogP contribution in [0.4, 0.5) is 16.6 Å². The van der Waals surface area contributed by atoms with Gasteiger partial charge >= 0.3 is 177 Å². The van der Waals surface area contributed by atoms with Crippen molar-refractivity contribution in [3.05, 3.63) is 22.9 Å². The van der Waals surface area contributed by atoms with Crippen molar-refractivity contribution in [2.24, 2.45) is 5.73 Å². The van der Waals surface area contributed by atoms with Crippen molar-refractivity contribution in [2.75, 3.05) is 69.2 Å². The molecule has 0 spiro atoms. The minimum absolute atomic E-state index is 0.258. The van der Waals surface area contributed by atoms with Crippen LogP contribution < -0.4 is 15.5 Å². The van der Waals surface area contributed by atoms with E-state index in [1.807, 2.05) is 26.8 Å². The molecule has 1 aromatic heterocycles. The van der Waals surface area contributed by atoms with Crippen LogP contribution in [0.3, 0.4) is 0 Å². The second-order valence-corrected chi connectivity index (χ2v) is 10.3. The molecule has 10 heteroatoms. The molecule has 4 rings (SSSR count). The van der Waals surface area contributed by atoms with Crippen LogP contribution in [-0.2, 0) is 19.8 Å². The predicted molar refractivity (Wildman–Crippen MR) is 122 cm³/mol. The Morgan fingerprint density at radius 1 is 1.03 bits per heavy atom. The second kappa shape index (κ2) is 9.08. The van der Waals surface area contributed by atoms with Gasteiger partial charge in [-0.05, 0) is 20.8 Å². The molecular weight excluding hydrogens is 453 g/mol. The summed E-state index contributed by atoms with van der Waals surface area (Å²) >= 11 is 4.91. The fourth-order valence-electron chi connectivity index (χ4n) is 4.28. The Bertz CT molecular complexity index is 925. The van der Waals surface area contributed by atoms with Crippen molar-refractivity contribution in [2.45, 2.75) is 32.8 Å². The summed E-state index contributed by atoms with van der Waals surface area (Å²) in [4.78, 5) is 30.5. The number of likely N-dealkylation sites (N-methyl/N-ethyl adjacent to an activating group) is 1. The van der Waals surface area contributed by atoms with Crippen molar-refractivity contribution in [3.63, 3.8) is 0 Å². The van der Waals surface area contributed by atoms with Crippen molar-refractivity contribution >= 4 is 22.5 Å². The Kier molecular flexibility index (Phi) is 6.57. The molecule has 0 aromatic carbocycles. The van der Waals surface area contributed by atoms with Crippen LogP contribution in [0.2, 0.25) is 0 Å². The standard InChI is InChI=1S/C22H33N7O2.Ni/c1-22(2,3)31-21(30)29-14-16-12-28(13-17(16)15-29)19-10-18(11-23)24-20(25-19)27-7-5-6-26(4)8-9-27;/h10H,5-9,12-15,23H2,1-4H3;. The summed E-state index contributed by atoms with van der Waals surface area (Å²) in [5, 5.41) is 0. The van der Waals surface area contributed by atoms with E-state index in [2.05, 4.69) is 26.7 Å². The summed E-state index contributed by atoms with van der Waals surface area (Å²) in [6.45, 7) is 12.1. The Labute approximate surface area is 197 Å². The molecule has 0 unspecified atom stereocenters. The van der Waals surface area contributed by atoms with Gasteiger partial charge < -0.3 is 0 Å².